The minimum atomic E-state index is -1.69. The minimum absolute atomic E-state index is 0.0719. The minimum Gasteiger partial charge on any atom is -0.497 e. The lowest BCUT2D eigenvalue weighted by molar-refractivity contribution is -0.148. The van der Waals surface area contributed by atoms with E-state index in [0.717, 1.165) is 43.6 Å². The van der Waals surface area contributed by atoms with E-state index >= 15 is 0 Å². The highest BCUT2D eigenvalue weighted by molar-refractivity contribution is 6.74. The summed E-state index contributed by atoms with van der Waals surface area (Å²) in [5.41, 5.74) is 1.09. The molecule has 0 aromatic heterocycles. The number of hydrogen-bond donors (Lipinski definition) is 0. The van der Waals surface area contributed by atoms with Gasteiger partial charge in [0.2, 0.25) is 0 Å². The Hall–Kier alpha value is -1.37. The van der Waals surface area contributed by atoms with Gasteiger partial charge in [-0.2, -0.15) is 0 Å². The van der Waals surface area contributed by atoms with Crippen LogP contribution in [0, 0.1) is 5.92 Å². The summed E-state index contributed by atoms with van der Waals surface area (Å²) in [6, 6.07) is 7.90. The molecule has 0 N–H and O–H groups in total. The summed E-state index contributed by atoms with van der Waals surface area (Å²) < 4.78 is 23.3. The van der Waals surface area contributed by atoms with Crippen molar-refractivity contribution < 1.29 is 23.4 Å². The van der Waals surface area contributed by atoms with Crippen LogP contribution < -0.4 is 4.74 Å². The molecule has 0 bridgehead atoms. The van der Waals surface area contributed by atoms with E-state index in [9.17, 15) is 4.79 Å². The Morgan fingerprint density at radius 2 is 1.81 bits per heavy atom. The van der Waals surface area contributed by atoms with Crippen molar-refractivity contribution >= 4 is 14.3 Å². The maximum absolute atomic E-state index is 11.7. The third-order valence-electron chi connectivity index (χ3n) is 6.78. The average Bonchev–Trinajstić information content (AvgIpc) is 3.13. The zero-order chi connectivity index (χ0) is 23.1. The number of cyclic esters (lactones) is 1. The topological polar surface area (TPSA) is 54.0 Å². The molecule has 0 saturated carbocycles. The van der Waals surface area contributed by atoms with Crippen LogP contribution >= 0.6 is 0 Å². The molecule has 6 heteroatoms. The largest absolute Gasteiger partial charge is 0.497 e. The third-order valence-corrected chi connectivity index (χ3v) is 11.3. The molecule has 0 aliphatic carbocycles. The lowest BCUT2D eigenvalue weighted by atomic mass is 9.97. The fourth-order valence-electron chi connectivity index (χ4n) is 3.44. The Labute approximate surface area is 189 Å². The van der Waals surface area contributed by atoms with Crippen molar-refractivity contribution in [1.82, 2.24) is 0 Å². The number of hydrogen-bond acceptors (Lipinski definition) is 5. The van der Waals surface area contributed by atoms with Crippen LogP contribution in [0.3, 0.4) is 0 Å². The van der Waals surface area contributed by atoms with E-state index < -0.39 is 8.32 Å². The molecule has 5 nitrogen and oxygen atoms in total. The molecule has 0 spiro atoms. The second kappa shape index (κ2) is 11.5. The van der Waals surface area contributed by atoms with Crippen LogP contribution in [-0.2, 0) is 25.3 Å². The smallest absolute Gasteiger partial charge is 0.306 e. The SMILES string of the molecule is COc1ccc(CO[C@@H](CC[C@H](C)CCO[Si](C)(C)C(C)(C)C)[C@@H]2CCC(=O)O2)cc1. The average molecular weight is 451 g/mol. The van der Waals surface area contributed by atoms with E-state index in [1.807, 2.05) is 24.3 Å². The van der Waals surface area contributed by atoms with Gasteiger partial charge < -0.3 is 18.6 Å². The molecular weight excluding hydrogens is 408 g/mol. The Bertz CT molecular complexity index is 680. The number of rotatable bonds is 12. The van der Waals surface area contributed by atoms with Crippen LogP contribution in [0.5, 0.6) is 5.75 Å². The Morgan fingerprint density at radius 3 is 2.35 bits per heavy atom. The van der Waals surface area contributed by atoms with Gasteiger partial charge in [0, 0.05) is 13.0 Å². The monoisotopic (exact) mass is 450 g/mol. The molecule has 1 heterocycles. The molecule has 1 fully saturated rings. The zero-order valence-electron chi connectivity index (χ0n) is 20.5. The molecule has 1 aliphatic rings. The number of carbonyl (C=O) groups excluding carboxylic acids is 1. The van der Waals surface area contributed by atoms with E-state index in [4.69, 9.17) is 18.6 Å². The molecule has 1 aliphatic heterocycles. The maximum atomic E-state index is 11.7. The lowest BCUT2D eigenvalue weighted by Gasteiger charge is -2.36. The van der Waals surface area contributed by atoms with Crippen molar-refractivity contribution in [2.75, 3.05) is 13.7 Å². The van der Waals surface area contributed by atoms with Gasteiger partial charge in [-0.15, -0.1) is 0 Å². The number of benzene rings is 1. The molecule has 176 valence electrons. The van der Waals surface area contributed by atoms with Crippen molar-refractivity contribution in [2.45, 2.75) is 96.7 Å². The number of carbonyl (C=O) groups is 1. The summed E-state index contributed by atoms with van der Waals surface area (Å²) >= 11 is 0. The summed E-state index contributed by atoms with van der Waals surface area (Å²) in [4.78, 5) is 11.7. The highest BCUT2D eigenvalue weighted by Gasteiger charge is 2.37. The first-order valence-corrected chi connectivity index (χ1v) is 14.5. The first-order chi connectivity index (χ1) is 14.5. The molecule has 0 amide bonds. The summed E-state index contributed by atoms with van der Waals surface area (Å²) in [6.45, 7) is 15.0. The second-order valence-electron chi connectivity index (χ2n) is 10.3. The van der Waals surface area contributed by atoms with Crippen LogP contribution in [0.1, 0.15) is 65.4 Å². The summed E-state index contributed by atoms with van der Waals surface area (Å²) in [5.74, 6) is 1.26. The first-order valence-electron chi connectivity index (χ1n) is 11.6. The van der Waals surface area contributed by atoms with Gasteiger partial charge in [-0.3, -0.25) is 4.79 Å². The molecule has 2 rings (SSSR count). The van der Waals surface area contributed by atoms with E-state index in [1.54, 1.807) is 7.11 Å². The number of esters is 1. The molecular formula is C25H42O5Si. The Balaban J connectivity index is 1.84. The van der Waals surface area contributed by atoms with Gasteiger partial charge in [-0.05, 0) is 67.4 Å². The van der Waals surface area contributed by atoms with Gasteiger partial charge in [0.25, 0.3) is 0 Å². The summed E-state index contributed by atoms with van der Waals surface area (Å²) in [6.07, 6.45) is 3.98. The zero-order valence-corrected chi connectivity index (χ0v) is 21.5. The van der Waals surface area contributed by atoms with Crippen molar-refractivity contribution in [1.29, 1.82) is 0 Å². The highest BCUT2D eigenvalue weighted by Crippen LogP contribution is 2.36. The Kier molecular flexibility index (Phi) is 9.59. The Morgan fingerprint density at radius 1 is 1.13 bits per heavy atom. The van der Waals surface area contributed by atoms with Gasteiger partial charge in [0.1, 0.15) is 11.9 Å². The molecule has 3 atom stereocenters. The van der Waals surface area contributed by atoms with Crippen molar-refractivity contribution in [2.24, 2.45) is 5.92 Å². The normalized spacial score (nSPS) is 19.2. The molecule has 0 radical (unpaired) electrons. The second-order valence-corrected chi connectivity index (χ2v) is 15.2. The van der Waals surface area contributed by atoms with Gasteiger partial charge in [-0.1, -0.05) is 39.8 Å². The van der Waals surface area contributed by atoms with Gasteiger partial charge in [0.15, 0.2) is 8.32 Å². The molecule has 1 aromatic rings. The highest BCUT2D eigenvalue weighted by atomic mass is 28.4. The van der Waals surface area contributed by atoms with E-state index in [0.29, 0.717) is 18.9 Å². The predicted octanol–water partition coefficient (Wildman–Crippen LogP) is 6.11. The predicted molar refractivity (Wildman–Crippen MR) is 127 cm³/mol. The van der Waals surface area contributed by atoms with E-state index in [-0.39, 0.29) is 23.2 Å². The fraction of sp³-hybridized carbons (Fsp3) is 0.720. The van der Waals surface area contributed by atoms with Crippen LogP contribution in [0.2, 0.25) is 18.1 Å². The van der Waals surface area contributed by atoms with Crippen LogP contribution in [0.15, 0.2) is 24.3 Å². The van der Waals surface area contributed by atoms with Crippen molar-refractivity contribution in [3.63, 3.8) is 0 Å². The van der Waals surface area contributed by atoms with E-state index in [1.165, 1.54) is 0 Å². The molecule has 31 heavy (non-hydrogen) atoms. The standard InChI is InChI=1S/C25H42O5Si/c1-19(16-17-29-31(6,7)25(2,3)4)8-13-22(23-14-15-24(26)30-23)28-18-20-9-11-21(27-5)12-10-20/h9-12,19,22-23H,8,13-18H2,1-7H3/t19-,22-,23-/m0/s1. The summed E-state index contributed by atoms with van der Waals surface area (Å²) in [5, 5.41) is 0.239. The van der Waals surface area contributed by atoms with Crippen LogP contribution in [-0.4, -0.2) is 40.2 Å². The van der Waals surface area contributed by atoms with Gasteiger partial charge in [-0.25, -0.2) is 0 Å². The molecule has 1 aromatic carbocycles. The first kappa shape index (κ1) is 25.9. The molecule has 1 saturated heterocycles. The lowest BCUT2D eigenvalue weighted by Crippen LogP contribution is -2.41. The fourth-order valence-corrected chi connectivity index (χ4v) is 4.50. The summed E-state index contributed by atoms with van der Waals surface area (Å²) in [7, 11) is -0.0324. The van der Waals surface area contributed by atoms with Crippen molar-refractivity contribution in [3.05, 3.63) is 29.8 Å². The van der Waals surface area contributed by atoms with Gasteiger partial charge in [0.05, 0.1) is 19.8 Å². The van der Waals surface area contributed by atoms with Crippen molar-refractivity contribution in [3.8, 4) is 5.75 Å². The quantitative estimate of drug-likeness (QED) is 0.284. The van der Waals surface area contributed by atoms with Gasteiger partial charge >= 0.3 is 5.97 Å². The number of methoxy groups -OCH3 is 1. The van der Waals surface area contributed by atoms with Crippen LogP contribution in [0.25, 0.3) is 0 Å². The van der Waals surface area contributed by atoms with E-state index in [2.05, 4.69) is 40.8 Å². The van der Waals surface area contributed by atoms with Crippen LogP contribution in [0.4, 0.5) is 0 Å². The third kappa shape index (κ3) is 8.24. The number of ether oxygens (including phenoxy) is 3. The maximum Gasteiger partial charge on any atom is 0.306 e. The molecule has 0 unspecified atom stereocenters.